The SMILES string of the molecule is COc1c(F)cccc1Nc1c2cn3c1C(=O)NC[C@@H]3C/C=C\[C@H](C)Oc1ccc3nccc-2c3n1. The van der Waals surface area contributed by atoms with Gasteiger partial charge in [-0.15, -0.1) is 0 Å². The van der Waals surface area contributed by atoms with E-state index in [1.807, 2.05) is 35.9 Å². The lowest BCUT2D eigenvalue weighted by molar-refractivity contribution is 0.0916. The molecule has 0 aliphatic carbocycles. The van der Waals surface area contributed by atoms with E-state index in [9.17, 15) is 9.18 Å². The number of rotatable bonds is 3. The second-order valence-electron chi connectivity index (χ2n) is 8.85. The molecule has 2 aliphatic heterocycles. The van der Waals surface area contributed by atoms with Crippen molar-refractivity contribution in [3.63, 3.8) is 0 Å². The van der Waals surface area contributed by atoms with Crippen LogP contribution >= 0.6 is 0 Å². The van der Waals surface area contributed by atoms with Gasteiger partial charge in [-0.3, -0.25) is 9.78 Å². The Morgan fingerprint density at radius 2 is 2.11 bits per heavy atom. The number of nitrogens with zero attached hydrogens (tertiary/aromatic N) is 3. The molecule has 3 aromatic heterocycles. The van der Waals surface area contributed by atoms with Gasteiger partial charge in [0.15, 0.2) is 11.6 Å². The molecule has 0 spiro atoms. The fraction of sp³-hybridized carbons (Fsp3) is 0.222. The van der Waals surface area contributed by atoms with Gasteiger partial charge in [0.25, 0.3) is 5.91 Å². The summed E-state index contributed by atoms with van der Waals surface area (Å²) in [6.45, 7) is 2.45. The predicted octanol–water partition coefficient (Wildman–Crippen LogP) is 5.00. The second kappa shape index (κ2) is 8.67. The normalized spacial score (nSPS) is 19.5. The predicted molar refractivity (Wildman–Crippen MR) is 134 cm³/mol. The van der Waals surface area contributed by atoms with Crippen molar-refractivity contribution in [1.29, 1.82) is 0 Å². The number of carbonyl (C=O) groups is 1. The molecule has 0 radical (unpaired) electrons. The van der Waals surface area contributed by atoms with Crippen molar-refractivity contribution in [3.8, 4) is 22.8 Å². The molecule has 4 aromatic rings. The number of anilines is 2. The van der Waals surface area contributed by atoms with Gasteiger partial charge in [0.1, 0.15) is 17.3 Å². The summed E-state index contributed by atoms with van der Waals surface area (Å²) in [5.74, 6) is -0.166. The zero-order valence-corrected chi connectivity index (χ0v) is 19.8. The lowest BCUT2D eigenvalue weighted by Crippen LogP contribution is -2.38. The third-order valence-corrected chi connectivity index (χ3v) is 6.54. The van der Waals surface area contributed by atoms with Crippen molar-refractivity contribution < 1.29 is 18.7 Å². The van der Waals surface area contributed by atoms with E-state index in [1.54, 1.807) is 24.4 Å². The zero-order chi connectivity index (χ0) is 24.8. The summed E-state index contributed by atoms with van der Waals surface area (Å²) in [6, 6.07) is 10.2. The molecular weight excluding hydrogens is 461 g/mol. The summed E-state index contributed by atoms with van der Waals surface area (Å²) in [5.41, 5.74) is 4.26. The molecule has 1 amide bonds. The number of fused-ring (bicyclic) bond motifs is 3. The molecule has 2 atom stereocenters. The number of para-hydroxylation sites is 1. The first-order valence-corrected chi connectivity index (χ1v) is 11.8. The van der Waals surface area contributed by atoms with Gasteiger partial charge in [-0.2, -0.15) is 0 Å². The van der Waals surface area contributed by atoms with Gasteiger partial charge in [-0.05, 0) is 43.7 Å². The number of aromatic nitrogens is 3. The minimum absolute atomic E-state index is 0.0148. The Labute approximate surface area is 206 Å². The number of carbonyl (C=O) groups excluding carboxylic acids is 1. The summed E-state index contributed by atoms with van der Waals surface area (Å²) in [6.07, 6.45) is 8.24. The second-order valence-corrected chi connectivity index (χ2v) is 8.85. The van der Waals surface area contributed by atoms with Gasteiger partial charge in [0.05, 0.1) is 30.0 Å². The van der Waals surface area contributed by atoms with Crippen LogP contribution in [0.4, 0.5) is 15.8 Å². The van der Waals surface area contributed by atoms with Crippen molar-refractivity contribution >= 4 is 28.3 Å². The highest BCUT2D eigenvalue weighted by Gasteiger charge is 2.32. The van der Waals surface area contributed by atoms with E-state index in [4.69, 9.17) is 14.5 Å². The van der Waals surface area contributed by atoms with Gasteiger partial charge in [0.2, 0.25) is 5.88 Å². The molecule has 0 fully saturated rings. The number of methoxy groups -OCH3 is 1. The number of ether oxygens (including phenoxy) is 2. The lowest BCUT2D eigenvalue weighted by atomic mass is 10.0. The van der Waals surface area contributed by atoms with Crippen LogP contribution in [0.15, 0.2) is 60.9 Å². The van der Waals surface area contributed by atoms with Crippen LogP contribution in [0, 0.1) is 5.82 Å². The molecule has 9 heteroatoms. The first-order valence-electron chi connectivity index (χ1n) is 11.8. The summed E-state index contributed by atoms with van der Waals surface area (Å²) in [7, 11) is 1.41. The van der Waals surface area contributed by atoms with E-state index in [0.717, 1.165) is 11.1 Å². The molecule has 0 saturated heterocycles. The Morgan fingerprint density at radius 3 is 2.97 bits per heavy atom. The van der Waals surface area contributed by atoms with Crippen LogP contribution in [-0.2, 0) is 0 Å². The number of halogens is 1. The Bertz CT molecular complexity index is 1530. The van der Waals surface area contributed by atoms with Crippen molar-refractivity contribution in [3.05, 3.63) is 72.5 Å². The highest BCUT2D eigenvalue weighted by atomic mass is 19.1. The quantitative estimate of drug-likeness (QED) is 0.397. The van der Waals surface area contributed by atoms with Gasteiger partial charge in [-0.25, -0.2) is 9.37 Å². The van der Waals surface area contributed by atoms with Crippen molar-refractivity contribution in [2.45, 2.75) is 25.5 Å². The summed E-state index contributed by atoms with van der Waals surface area (Å²) in [5, 5.41) is 6.31. The fourth-order valence-corrected chi connectivity index (χ4v) is 4.86. The Hall–Kier alpha value is -4.40. The van der Waals surface area contributed by atoms with E-state index in [0.29, 0.717) is 46.9 Å². The molecule has 1 aromatic carbocycles. The number of allylic oxidation sites excluding steroid dienone is 1. The maximum absolute atomic E-state index is 14.5. The highest BCUT2D eigenvalue weighted by Crippen LogP contribution is 2.42. The highest BCUT2D eigenvalue weighted by molar-refractivity contribution is 6.06. The topological polar surface area (TPSA) is 90.3 Å². The minimum Gasteiger partial charge on any atom is -0.492 e. The van der Waals surface area contributed by atoms with Crippen molar-refractivity contribution in [1.82, 2.24) is 19.9 Å². The van der Waals surface area contributed by atoms with Crippen LogP contribution in [0.3, 0.4) is 0 Å². The van der Waals surface area contributed by atoms with E-state index in [1.165, 1.54) is 13.2 Å². The van der Waals surface area contributed by atoms with Gasteiger partial charge >= 0.3 is 0 Å². The van der Waals surface area contributed by atoms with Crippen LogP contribution in [-0.4, -0.2) is 40.2 Å². The summed E-state index contributed by atoms with van der Waals surface area (Å²) in [4.78, 5) is 22.5. The average Bonchev–Trinajstić information content (AvgIpc) is 3.25. The molecule has 5 heterocycles. The van der Waals surface area contributed by atoms with Gasteiger partial charge in [-0.1, -0.05) is 12.1 Å². The van der Waals surface area contributed by atoms with Crippen LogP contribution in [0.1, 0.15) is 29.9 Å². The Morgan fingerprint density at radius 1 is 1.22 bits per heavy atom. The molecule has 2 aliphatic rings. The molecular formula is C27H24FN5O3. The van der Waals surface area contributed by atoms with Crippen LogP contribution in [0.5, 0.6) is 11.6 Å². The van der Waals surface area contributed by atoms with Gasteiger partial charge in [0, 0.05) is 36.1 Å². The number of amides is 1. The molecule has 0 saturated carbocycles. The Kier molecular flexibility index (Phi) is 5.32. The largest absolute Gasteiger partial charge is 0.492 e. The van der Waals surface area contributed by atoms with E-state index in [2.05, 4.69) is 21.7 Å². The molecule has 8 nitrogen and oxygen atoms in total. The maximum atomic E-state index is 14.5. The molecule has 36 heavy (non-hydrogen) atoms. The molecule has 4 bridgehead atoms. The molecule has 2 N–H and O–H groups in total. The number of benzene rings is 1. The lowest BCUT2D eigenvalue weighted by Gasteiger charge is -2.26. The van der Waals surface area contributed by atoms with Crippen LogP contribution in [0.25, 0.3) is 22.2 Å². The third kappa shape index (κ3) is 3.64. The maximum Gasteiger partial charge on any atom is 0.270 e. The van der Waals surface area contributed by atoms with E-state index in [-0.39, 0.29) is 23.8 Å². The fourth-order valence-electron chi connectivity index (χ4n) is 4.86. The molecule has 0 unspecified atom stereocenters. The minimum atomic E-state index is -0.501. The van der Waals surface area contributed by atoms with E-state index >= 15 is 0 Å². The molecule has 182 valence electrons. The summed E-state index contributed by atoms with van der Waals surface area (Å²) >= 11 is 0. The monoisotopic (exact) mass is 485 g/mol. The van der Waals surface area contributed by atoms with Crippen LogP contribution < -0.4 is 20.1 Å². The first kappa shape index (κ1) is 22.1. The Balaban J connectivity index is 1.64. The average molecular weight is 486 g/mol. The third-order valence-electron chi connectivity index (χ3n) is 6.54. The summed E-state index contributed by atoms with van der Waals surface area (Å²) < 4.78 is 27.9. The zero-order valence-electron chi connectivity index (χ0n) is 19.8. The smallest absolute Gasteiger partial charge is 0.270 e. The first-order chi connectivity index (χ1) is 17.5. The number of pyridine rings is 2. The van der Waals surface area contributed by atoms with Gasteiger partial charge < -0.3 is 24.7 Å². The van der Waals surface area contributed by atoms with E-state index < -0.39 is 5.82 Å². The van der Waals surface area contributed by atoms with Crippen molar-refractivity contribution in [2.24, 2.45) is 0 Å². The molecule has 6 rings (SSSR count). The number of nitrogens with one attached hydrogen (secondary N) is 2. The number of hydrogen-bond donors (Lipinski definition) is 2. The number of hydrogen-bond acceptors (Lipinski definition) is 6. The van der Waals surface area contributed by atoms with Crippen LogP contribution in [0.2, 0.25) is 0 Å². The van der Waals surface area contributed by atoms with Crippen molar-refractivity contribution in [2.75, 3.05) is 19.0 Å². The standard InChI is InChI=1S/C27H24FN5O3/c1-15-5-3-6-16-13-30-27(34)25-24(31-21-8-4-7-19(28)26(21)35-2)18(14-33(16)25)17-11-12-29-20-9-10-22(36-15)32-23(17)20/h3-5,7-12,14-16,31H,6,13H2,1-2H3,(H,30,34)/b5-3-/t15-,16-/m0/s1.